The van der Waals surface area contributed by atoms with Crippen LogP contribution in [0, 0.1) is 0 Å². The molecule has 162 valence electrons. The van der Waals surface area contributed by atoms with E-state index in [4.69, 9.17) is 15.2 Å². The van der Waals surface area contributed by atoms with E-state index in [0.717, 1.165) is 28.5 Å². The van der Waals surface area contributed by atoms with Crippen molar-refractivity contribution in [1.82, 2.24) is 15.0 Å². The van der Waals surface area contributed by atoms with Crippen molar-refractivity contribution < 1.29 is 14.3 Å². The molecular weight excluding hydrogens is 394 g/mol. The van der Waals surface area contributed by atoms with Crippen LogP contribution in [0.5, 0.6) is 5.88 Å². The first-order valence-electron chi connectivity index (χ1n) is 10.4. The number of carbonyl (C=O) groups is 1. The number of carbonyl (C=O) groups excluding carboxylic acids is 1. The third kappa shape index (κ3) is 3.67. The molecule has 0 radical (unpaired) electrons. The van der Waals surface area contributed by atoms with Gasteiger partial charge in [-0.2, -0.15) is 0 Å². The standard InChI is InChI=1S/C23H27N5O3/c1-6-23(4,24)17-11-26-21(30-5)16-10-25-19(9-15(16)17)27-18-8-7-14-20(28-18)12(2)13(3)31-22(14)29/h7-13H,6,24H2,1-5H3,(H,25,27,28)/t12-,13-,23+/m0/s1. The smallest absolute Gasteiger partial charge is 0.340 e. The summed E-state index contributed by atoms with van der Waals surface area (Å²) in [6.45, 7) is 7.90. The van der Waals surface area contributed by atoms with E-state index in [1.54, 1.807) is 31.6 Å². The van der Waals surface area contributed by atoms with Crippen LogP contribution >= 0.6 is 0 Å². The third-order valence-corrected chi connectivity index (χ3v) is 6.11. The number of nitrogens with two attached hydrogens (primary N) is 1. The average molecular weight is 422 g/mol. The number of aromatic nitrogens is 3. The first-order chi connectivity index (χ1) is 14.7. The number of hydrogen-bond acceptors (Lipinski definition) is 8. The number of ether oxygens (including phenoxy) is 2. The Labute approximate surface area is 181 Å². The van der Waals surface area contributed by atoms with Gasteiger partial charge >= 0.3 is 5.97 Å². The summed E-state index contributed by atoms with van der Waals surface area (Å²) in [6, 6.07) is 5.42. The summed E-state index contributed by atoms with van der Waals surface area (Å²) < 4.78 is 10.8. The highest BCUT2D eigenvalue weighted by molar-refractivity contribution is 5.93. The molecule has 0 bridgehead atoms. The Bertz CT molecular complexity index is 1160. The van der Waals surface area contributed by atoms with Crippen molar-refractivity contribution >= 4 is 28.4 Å². The molecule has 0 saturated carbocycles. The Hall–Kier alpha value is -3.26. The molecule has 3 aromatic rings. The van der Waals surface area contributed by atoms with Crippen LogP contribution in [0.1, 0.15) is 61.6 Å². The normalized spacial score (nSPS) is 20.0. The zero-order valence-electron chi connectivity index (χ0n) is 18.4. The van der Waals surface area contributed by atoms with E-state index in [-0.39, 0.29) is 18.0 Å². The third-order valence-electron chi connectivity index (χ3n) is 6.11. The number of cyclic esters (lactones) is 1. The second kappa shape index (κ2) is 7.77. The van der Waals surface area contributed by atoms with Gasteiger partial charge in [-0.05, 0) is 49.4 Å². The Kier molecular flexibility index (Phi) is 5.26. The van der Waals surface area contributed by atoms with E-state index >= 15 is 0 Å². The summed E-state index contributed by atoms with van der Waals surface area (Å²) >= 11 is 0. The molecule has 0 amide bonds. The molecule has 0 aliphatic carbocycles. The second-order valence-electron chi connectivity index (χ2n) is 8.22. The molecule has 0 unspecified atom stereocenters. The molecule has 1 aliphatic rings. The van der Waals surface area contributed by atoms with E-state index in [2.05, 4.69) is 20.3 Å². The van der Waals surface area contributed by atoms with Crippen LogP contribution in [0.15, 0.2) is 30.6 Å². The van der Waals surface area contributed by atoms with Crippen molar-refractivity contribution in [3.63, 3.8) is 0 Å². The summed E-state index contributed by atoms with van der Waals surface area (Å²) in [7, 11) is 1.58. The van der Waals surface area contributed by atoms with Crippen LogP contribution < -0.4 is 15.8 Å². The van der Waals surface area contributed by atoms with Crippen molar-refractivity contribution in [2.45, 2.75) is 51.7 Å². The molecule has 0 aromatic carbocycles. The summed E-state index contributed by atoms with van der Waals surface area (Å²) in [6.07, 6.45) is 4.01. The van der Waals surface area contributed by atoms with Crippen LogP contribution in [0.25, 0.3) is 10.8 Å². The Balaban J connectivity index is 1.76. The minimum atomic E-state index is -0.549. The lowest BCUT2D eigenvalue weighted by Gasteiger charge is -2.27. The average Bonchev–Trinajstić information content (AvgIpc) is 2.76. The van der Waals surface area contributed by atoms with Crippen molar-refractivity contribution in [1.29, 1.82) is 0 Å². The number of nitrogens with one attached hydrogen (secondary N) is 1. The zero-order chi connectivity index (χ0) is 22.3. The topological polar surface area (TPSA) is 112 Å². The Morgan fingerprint density at radius 3 is 2.68 bits per heavy atom. The van der Waals surface area contributed by atoms with Gasteiger partial charge < -0.3 is 20.5 Å². The zero-order valence-corrected chi connectivity index (χ0v) is 18.4. The van der Waals surface area contributed by atoms with Crippen LogP contribution in [0.4, 0.5) is 11.6 Å². The first kappa shape index (κ1) is 21.0. The van der Waals surface area contributed by atoms with Gasteiger partial charge in [-0.1, -0.05) is 13.8 Å². The highest BCUT2D eigenvalue weighted by Crippen LogP contribution is 2.35. The van der Waals surface area contributed by atoms with Gasteiger partial charge in [0.2, 0.25) is 5.88 Å². The highest BCUT2D eigenvalue weighted by Gasteiger charge is 2.31. The van der Waals surface area contributed by atoms with Gasteiger partial charge in [0.25, 0.3) is 0 Å². The minimum Gasteiger partial charge on any atom is -0.481 e. The van der Waals surface area contributed by atoms with Gasteiger partial charge in [-0.15, -0.1) is 0 Å². The van der Waals surface area contributed by atoms with E-state index in [1.165, 1.54) is 0 Å². The summed E-state index contributed by atoms with van der Waals surface area (Å²) in [5.41, 5.74) is 8.13. The number of esters is 1. The predicted octanol–water partition coefficient (Wildman–Crippen LogP) is 4.02. The number of methoxy groups -OCH3 is 1. The Morgan fingerprint density at radius 1 is 1.19 bits per heavy atom. The Morgan fingerprint density at radius 2 is 1.97 bits per heavy atom. The molecule has 3 N–H and O–H groups in total. The summed E-state index contributed by atoms with van der Waals surface area (Å²) in [5.74, 6) is 1.38. The van der Waals surface area contributed by atoms with Crippen LogP contribution in [-0.4, -0.2) is 34.1 Å². The summed E-state index contributed by atoms with van der Waals surface area (Å²) in [4.78, 5) is 25.8. The second-order valence-corrected chi connectivity index (χ2v) is 8.22. The number of pyridine rings is 3. The van der Waals surface area contributed by atoms with Crippen molar-refractivity contribution in [2.24, 2.45) is 5.73 Å². The maximum Gasteiger partial charge on any atom is 0.340 e. The molecule has 31 heavy (non-hydrogen) atoms. The fraction of sp³-hybridized carbons (Fsp3) is 0.391. The van der Waals surface area contributed by atoms with Crippen molar-refractivity contribution in [2.75, 3.05) is 12.4 Å². The van der Waals surface area contributed by atoms with Gasteiger partial charge in [-0.25, -0.2) is 19.7 Å². The molecule has 3 aromatic heterocycles. The quantitative estimate of drug-likeness (QED) is 0.594. The molecule has 0 fully saturated rings. The maximum absolute atomic E-state index is 12.2. The van der Waals surface area contributed by atoms with Gasteiger partial charge in [0.15, 0.2) is 0 Å². The van der Waals surface area contributed by atoms with Crippen molar-refractivity contribution in [3.05, 3.63) is 47.4 Å². The van der Waals surface area contributed by atoms with E-state index in [1.807, 2.05) is 33.8 Å². The van der Waals surface area contributed by atoms with Gasteiger partial charge in [0, 0.05) is 23.9 Å². The predicted molar refractivity (Wildman–Crippen MR) is 119 cm³/mol. The molecule has 8 nitrogen and oxygen atoms in total. The molecular formula is C23H27N5O3. The molecule has 0 saturated heterocycles. The molecule has 8 heteroatoms. The fourth-order valence-corrected chi connectivity index (χ4v) is 3.74. The van der Waals surface area contributed by atoms with Crippen molar-refractivity contribution in [3.8, 4) is 5.88 Å². The van der Waals surface area contributed by atoms with Crippen LogP contribution in [0.2, 0.25) is 0 Å². The monoisotopic (exact) mass is 421 g/mol. The number of rotatable bonds is 5. The van der Waals surface area contributed by atoms with E-state index < -0.39 is 5.54 Å². The largest absolute Gasteiger partial charge is 0.481 e. The van der Waals surface area contributed by atoms with Gasteiger partial charge in [0.1, 0.15) is 17.7 Å². The maximum atomic E-state index is 12.2. The van der Waals surface area contributed by atoms with Crippen LogP contribution in [-0.2, 0) is 10.3 Å². The molecule has 4 heterocycles. The van der Waals surface area contributed by atoms with E-state index in [9.17, 15) is 4.79 Å². The highest BCUT2D eigenvalue weighted by atomic mass is 16.5. The number of fused-ring (bicyclic) bond motifs is 2. The lowest BCUT2D eigenvalue weighted by molar-refractivity contribution is 0.0235. The first-order valence-corrected chi connectivity index (χ1v) is 10.4. The van der Waals surface area contributed by atoms with Crippen LogP contribution in [0.3, 0.4) is 0 Å². The molecule has 1 aliphatic heterocycles. The lowest BCUT2D eigenvalue weighted by atomic mass is 9.88. The number of anilines is 2. The fourth-order valence-electron chi connectivity index (χ4n) is 3.74. The minimum absolute atomic E-state index is 0.00320. The number of nitrogens with zero attached hydrogens (tertiary/aromatic N) is 3. The molecule has 3 atom stereocenters. The SMILES string of the molecule is CC[C@@](C)(N)c1cnc(OC)c2cnc(Nc3ccc4c(n3)[C@@H](C)[C@H](C)OC4=O)cc12. The van der Waals surface area contributed by atoms with Gasteiger partial charge in [-0.3, -0.25) is 0 Å². The summed E-state index contributed by atoms with van der Waals surface area (Å²) in [5, 5.41) is 4.96. The van der Waals surface area contributed by atoms with E-state index in [0.29, 0.717) is 23.1 Å². The molecule has 0 spiro atoms. The lowest BCUT2D eigenvalue weighted by Crippen LogP contribution is -2.32. The molecule has 4 rings (SSSR count). The number of hydrogen-bond donors (Lipinski definition) is 2. The van der Waals surface area contributed by atoms with Gasteiger partial charge in [0.05, 0.1) is 23.8 Å².